The number of carbonyl (C=O) groups is 1. The fourth-order valence-corrected chi connectivity index (χ4v) is 4.10. The van der Waals surface area contributed by atoms with Crippen LogP contribution in [0.1, 0.15) is 80.7 Å². The standard InChI is InChI=1S/C21H32BrNO3/c1-6-7-8-9-10-21(5)11-16(23-17(24)12-22)18-15(4)19(25)13(2)14(3)20(18)26-21/h16,25H,6-12H2,1-5H3,(H,23,24). The Balaban J connectivity index is 2.41. The van der Waals surface area contributed by atoms with Crippen LogP contribution >= 0.6 is 15.9 Å². The molecule has 1 heterocycles. The Morgan fingerprint density at radius 2 is 1.92 bits per heavy atom. The van der Waals surface area contributed by atoms with Crippen molar-refractivity contribution in [1.29, 1.82) is 0 Å². The summed E-state index contributed by atoms with van der Waals surface area (Å²) in [6, 6.07) is -0.148. The highest BCUT2D eigenvalue weighted by Gasteiger charge is 2.40. The van der Waals surface area contributed by atoms with Crippen molar-refractivity contribution >= 4 is 21.8 Å². The molecule has 1 aliphatic heterocycles. The first-order valence-electron chi connectivity index (χ1n) is 9.61. The van der Waals surface area contributed by atoms with E-state index in [0.717, 1.165) is 40.8 Å². The van der Waals surface area contributed by atoms with E-state index >= 15 is 0 Å². The molecule has 0 bridgehead atoms. The highest BCUT2D eigenvalue weighted by molar-refractivity contribution is 9.09. The first-order valence-corrected chi connectivity index (χ1v) is 10.7. The van der Waals surface area contributed by atoms with Gasteiger partial charge in [0.2, 0.25) is 5.91 Å². The van der Waals surface area contributed by atoms with E-state index in [-0.39, 0.29) is 22.9 Å². The molecule has 1 amide bonds. The van der Waals surface area contributed by atoms with E-state index in [1.165, 1.54) is 19.3 Å². The van der Waals surface area contributed by atoms with Gasteiger partial charge in [-0.05, 0) is 51.7 Å². The summed E-state index contributed by atoms with van der Waals surface area (Å²) in [4.78, 5) is 12.1. The number of fused-ring (bicyclic) bond motifs is 1. The number of amides is 1. The van der Waals surface area contributed by atoms with E-state index in [2.05, 4.69) is 35.1 Å². The molecule has 2 N–H and O–H groups in total. The molecule has 0 aromatic heterocycles. The first kappa shape index (κ1) is 21.1. The number of phenolic OH excluding ortho intramolecular Hbond substituents is 1. The number of carbonyl (C=O) groups excluding carboxylic acids is 1. The predicted octanol–water partition coefficient (Wildman–Crippen LogP) is 5.38. The van der Waals surface area contributed by atoms with Crippen molar-refractivity contribution in [3.05, 3.63) is 22.3 Å². The third-order valence-electron chi connectivity index (χ3n) is 5.61. The molecule has 146 valence electrons. The number of benzene rings is 1. The number of phenols is 1. The molecule has 5 heteroatoms. The third-order valence-corrected chi connectivity index (χ3v) is 6.12. The molecule has 1 aromatic rings. The van der Waals surface area contributed by atoms with Crippen LogP contribution in [0.5, 0.6) is 11.5 Å². The number of halogens is 1. The van der Waals surface area contributed by atoms with Gasteiger partial charge in [0.25, 0.3) is 0 Å². The molecule has 0 spiro atoms. The summed E-state index contributed by atoms with van der Waals surface area (Å²) in [5.74, 6) is 1.09. The first-order chi connectivity index (χ1) is 12.2. The second-order valence-corrected chi connectivity index (χ2v) is 8.35. The van der Waals surface area contributed by atoms with E-state index < -0.39 is 0 Å². The smallest absolute Gasteiger partial charge is 0.231 e. The lowest BCUT2D eigenvalue weighted by Crippen LogP contribution is -2.44. The van der Waals surface area contributed by atoms with Crippen molar-refractivity contribution in [1.82, 2.24) is 5.32 Å². The number of hydrogen-bond acceptors (Lipinski definition) is 3. The molecule has 26 heavy (non-hydrogen) atoms. The molecule has 0 aliphatic carbocycles. The number of alkyl halides is 1. The Morgan fingerprint density at radius 3 is 2.54 bits per heavy atom. The van der Waals surface area contributed by atoms with E-state index in [9.17, 15) is 9.90 Å². The van der Waals surface area contributed by atoms with Crippen molar-refractivity contribution in [3.63, 3.8) is 0 Å². The summed E-state index contributed by atoms with van der Waals surface area (Å²) in [5, 5.41) is 13.9. The fraction of sp³-hybridized carbons (Fsp3) is 0.667. The molecule has 0 saturated carbocycles. The molecule has 0 saturated heterocycles. The van der Waals surface area contributed by atoms with E-state index in [1.807, 2.05) is 20.8 Å². The van der Waals surface area contributed by atoms with Gasteiger partial charge < -0.3 is 15.2 Å². The highest BCUT2D eigenvalue weighted by Crippen LogP contribution is 2.48. The van der Waals surface area contributed by atoms with Gasteiger partial charge in [0.05, 0.1) is 11.4 Å². The predicted molar refractivity (Wildman–Crippen MR) is 109 cm³/mol. The minimum atomic E-state index is -0.314. The van der Waals surface area contributed by atoms with Crippen LogP contribution in [0.2, 0.25) is 0 Å². The normalized spacial score (nSPS) is 21.8. The number of aromatic hydroxyl groups is 1. The quantitative estimate of drug-likeness (QED) is 0.455. The summed E-state index contributed by atoms with van der Waals surface area (Å²) >= 11 is 3.24. The number of nitrogens with one attached hydrogen (secondary N) is 1. The number of ether oxygens (including phenoxy) is 1. The maximum Gasteiger partial charge on any atom is 0.231 e. The number of rotatable bonds is 7. The summed E-state index contributed by atoms with van der Waals surface area (Å²) in [6.07, 6.45) is 6.45. The lowest BCUT2D eigenvalue weighted by atomic mass is 9.81. The Kier molecular flexibility index (Phi) is 7.00. The molecular formula is C21H32BrNO3. The van der Waals surface area contributed by atoms with Gasteiger partial charge in [-0.2, -0.15) is 0 Å². The maximum atomic E-state index is 12.1. The van der Waals surface area contributed by atoms with Gasteiger partial charge in [-0.15, -0.1) is 0 Å². The van der Waals surface area contributed by atoms with Crippen molar-refractivity contribution in [2.75, 3.05) is 5.33 Å². The second-order valence-electron chi connectivity index (χ2n) is 7.79. The van der Waals surface area contributed by atoms with Gasteiger partial charge in [0.15, 0.2) is 0 Å². The molecule has 0 radical (unpaired) electrons. The van der Waals surface area contributed by atoms with Crippen LogP contribution in [0.4, 0.5) is 0 Å². The molecule has 1 aliphatic rings. The van der Waals surface area contributed by atoms with Gasteiger partial charge in [-0.25, -0.2) is 0 Å². The summed E-state index contributed by atoms with van der Waals surface area (Å²) < 4.78 is 6.52. The number of hydrogen-bond donors (Lipinski definition) is 2. The SMILES string of the molecule is CCCCCCC1(C)CC(NC(=O)CBr)c2c(C)c(O)c(C)c(C)c2O1. The highest BCUT2D eigenvalue weighted by atomic mass is 79.9. The fourth-order valence-electron chi connectivity index (χ4n) is 3.94. The van der Waals surface area contributed by atoms with Crippen molar-refractivity contribution in [2.24, 2.45) is 0 Å². The van der Waals surface area contributed by atoms with Gasteiger partial charge in [-0.3, -0.25) is 4.79 Å². The Hall–Kier alpha value is -1.23. The summed E-state index contributed by atoms with van der Waals surface area (Å²) in [7, 11) is 0. The number of unbranched alkanes of at least 4 members (excludes halogenated alkanes) is 3. The average molecular weight is 426 g/mol. The minimum Gasteiger partial charge on any atom is -0.507 e. The summed E-state index contributed by atoms with van der Waals surface area (Å²) in [6.45, 7) is 10.2. The lowest BCUT2D eigenvalue weighted by molar-refractivity contribution is -0.119. The molecule has 1 aromatic carbocycles. The monoisotopic (exact) mass is 425 g/mol. The van der Waals surface area contributed by atoms with Gasteiger partial charge in [0.1, 0.15) is 17.1 Å². The summed E-state index contributed by atoms with van der Waals surface area (Å²) in [5.41, 5.74) is 3.22. The minimum absolute atomic E-state index is 0.0479. The largest absolute Gasteiger partial charge is 0.507 e. The zero-order valence-corrected chi connectivity index (χ0v) is 18.3. The van der Waals surface area contributed by atoms with Gasteiger partial charge in [0, 0.05) is 17.5 Å². The van der Waals surface area contributed by atoms with Crippen LogP contribution in [0.25, 0.3) is 0 Å². The van der Waals surface area contributed by atoms with Crippen molar-refractivity contribution in [3.8, 4) is 11.5 Å². The molecule has 2 atom stereocenters. The average Bonchev–Trinajstić information content (AvgIpc) is 2.61. The topological polar surface area (TPSA) is 58.6 Å². The van der Waals surface area contributed by atoms with Crippen LogP contribution in [0.15, 0.2) is 0 Å². The Morgan fingerprint density at radius 1 is 1.23 bits per heavy atom. The Bertz CT molecular complexity index is 674. The molecule has 0 fully saturated rings. The van der Waals surface area contributed by atoms with Crippen LogP contribution in [0.3, 0.4) is 0 Å². The molecule has 2 rings (SSSR count). The van der Waals surface area contributed by atoms with Crippen LogP contribution in [0, 0.1) is 20.8 Å². The van der Waals surface area contributed by atoms with Crippen LogP contribution in [-0.4, -0.2) is 21.9 Å². The lowest BCUT2D eigenvalue weighted by Gasteiger charge is -2.42. The van der Waals surface area contributed by atoms with E-state index in [4.69, 9.17) is 4.74 Å². The second kappa shape index (κ2) is 8.64. The third kappa shape index (κ3) is 4.36. The molecular weight excluding hydrogens is 394 g/mol. The van der Waals surface area contributed by atoms with Gasteiger partial charge in [-0.1, -0.05) is 42.1 Å². The van der Waals surface area contributed by atoms with Crippen LogP contribution in [-0.2, 0) is 4.79 Å². The van der Waals surface area contributed by atoms with Gasteiger partial charge >= 0.3 is 0 Å². The zero-order valence-electron chi connectivity index (χ0n) is 16.7. The van der Waals surface area contributed by atoms with E-state index in [1.54, 1.807) is 0 Å². The zero-order chi connectivity index (χ0) is 19.5. The Labute approximate surface area is 165 Å². The molecule has 4 nitrogen and oxygen atoms in total. The van der Waals surface area contributed by atoms with E-state index in [0.29, 0.717) is 12.2 Å². The van der Waals surface area contributed by atoms with Crippen LogP contribution < -0.4 is 10.1 Å². The van der Waals surface area contributed by atoms with Crippen molar-refractivity contribution in [2.45, 2.75) is 84.8 Å². The van der Waals surface area contributed by atoms with Crippen molar-refractivity contribution < 1.29 is 14.6 Å². The molecule has 2 unspecified atom stereocenters. The maximum absolute atomic E-state index is 12.1.